The molecule has 4 rings (SSSR count). The maximum Gasteiger partial charge on any atom is 0.337 e. The first kappa shape index (κ1) is 17.9. The highest BCUT2D eigenvalue weighted by molar-refractivity contribution is 6.06. The molecule has 0 unspecified atom stereocenters. The first-order valence-corrected chi connectivity index (χ1v) is 9.16. The Morgan fingerprint density at radius 1 is 1.07 bits per heavy atom. The molecule has 1 fully saturated rings. The molecule has 1 aliphatic rings. The van der Waals surface area contributed by atoms with Crippen LogP contribution >= 0.6 is 0 Å². The molecule has 2 aromatic carbocycles. The van der Waals surface area contributed by atoms with Crippen LogP contribution < -0.4 is 10.2 Å². The fraction of sp³-hybridized carbons (Fsp3) is 0.238. The van der Waals surface area contributed by atoms with E-state index < -0.39 is 5.97 Å². The molecule has 0 aliphatic carbocycles. The van der Waals surface area contributed by atoms with Crippen molar-refractivity contribution in [2.45, 2.75) is 12.8 Å². The summed E-state index contributed by atoms with van der Waals surface area (Å²) < 4.78 is 4.81. The molecule has 7 nitrogen and oxygen atoms in total. The molecule has 1 amide bonds. The number of aromatic nitrogens is 2. The Morgan fingerprint density at radius 3 is 2.57 bits per heavy atom. The second-order valence-corrected chi connectivity index (χ2v) is 6.62. The van der Waals surface area contributed by atoms with E-state index in [1.54, 1.807) is 12.1 Å². The second-order valence-electron chi connectivity index (χ2n) is 6.62. The molecular weight excluding hydrogens is 356 g/mol. The van der Waals surface area contributed by atoms with Crippen LogP contribution in [0.4, 0.5) is 11.4 Å². The fourth-order valence-electron chi connectivity index (χ4n) is 3.37. The van der Waals surface area contributed by atoms with Crippen molar-refractivity contribution in [1.29, 1.82) is 0 Å². The lowest BCUT2D eigenvalue weighted by Crippen LogP contribution is -2.22. The molecule has 2 heterocycles. The average molecular weight is 376 g/mol. The van der Waals surface area contributed by atoms with E-state index in [1.165, 1.54) is 13.3 Å². The van der Waals surface area contributed by atoms with Crippen LogP contribution in [0.1, 0.15) is 33.7 Å². The number of rotatable bonds is 4. The smallest absolute Gasteiger partial charge is 0.337 e. The van der Waals surface area contributed by atoms with Gasteiger partial charge in [0.2, 0.25) is 0 Å². The summed E-state index contributed by atoms with van der Waals surface area (Å²) in [5, 5.41) is 2.90. The summed E-state index contributed by atoms with van der Waals surface area (Å²) in [6.07, 6.45) is 3.65. The number of esters is 1. The molecule has 1 N–H and O–H groups in total. The number of nitrogens with zero attached hydrogens (tertiary/aromatic N) is 3. The number of ether oxygens (including phenoxy) is 1. The van der Waals surface area contributed by atoms with Crippen LogP contribution in [0.2, 0.25) is 0 Å². The lowest BCUT2D eigenvalue weighted by molar-refractivity contribution is 0.0600. The highest BCUT2D eigenvalue weighted by atomic mass is 16.5. The Balaban J connectivity index is 1.67. The number of hydrogen-bond acceptors (Lipinski definition) is 6. The van der Waals surface area contributed by atoms with Gasteiger partial charge >= 0.3 is 5.97 Å². The molecule has 7 heteroatoms. The van der Waals surface area contributed by atoms with E-state index in [-0.39, 0.29) is 11.6 Å². The summed E-state index contributed by atoms with van der Waals surface area (Å²) >= 11 is 0. The molecule has 1 aromatic heterocycles. The van der Waals surface area contributed by atoms with Gasteiger partial charge in [-0.3, -0.25) is 9.78 Å². The molecule has 0 radical (unpaired) electrons. The van der Waals surface area contributed by atoms with Crippen molar-refractivity contribution in [3.63, 3.8) is 0 Å². The Kier molecular flexibility index (Phi) is 4.89. The maximum atomic E-state index is 12.8. The standard InChI is InChI=1S/C21H20N4O3/c1-28-21(27)14-8-9-19(25-10-4-5-11-25)17(12-14)24-20(26)18-13-22-15-6-2-3-7-16(15)23-18/h2-3,6-9,12-13H,4-5,10-11H2,1H3,(H,24,26). The maximum absolute atomic E-state index is 12.8. The molecule has 142 valence electrons. The van der Waals surface area contributed by atoms with Gasteiger partial charge in [0.15, 0.2) is 0 Å². The van der Waals surface area contributed by atoms with E-state index in [2.05, 4.69) is 20.2 Å². The lowest BCUT2D eigenvalue weighted by atomic mass is 10.1. The zero-order valence-electron chi connectivity index (χ0n) is 15.5. The predicted molar refractivity (Wildman–Crippen MR) is 107 cm³/mol. The van der Waals surface area contributed by atoms with Gasteiger partial charge in [-0.25, -0.2) is 9.78 Å². The van der Waals surface area contributed by atoms with E-state index >= 15 is 0 Å². The van der Waals surface area contributed by atoms with Crippen molar-refractivity contribution < 1.29 is 14.3 Å². The van der Waals surface area contributed by atoms with Gasteiger partial charge in [-0.15, -0.1) is 0 Å². The first-order chi connectivity index (χ1) is 13.7. The van der Waals surface area contributed by atoms with Crippen molar-refractivity contribution >= 4 is 34.3 Å². The zero-order chi connectivity index (χ0) is 19.5. The number of benzene rings is 2. The number of carbonyl (C=O) groups excluding carboxylic acids is 2. The van der Waals surface area contributed by atoms with Crippen molar-refractivity contribution in [2.75, 3.05) is 30.4 Å². The minimum absolute atomic E-state index is 0.217. The number of hydrogen-bond donors (Lipinski definition) is 1. The van der Waals surface area contributed by atoms with Gasteiger partial charge in [-0.1, -0.05) is 12.1 Å². The van der Waals surface area contributed by atoms with Crippen LogP contribution in [0, 0.1) is 0 Å². The molecule has 0 atom stereocenters. The third kappa shape index (κ3) is 3.51. The molecule has 1 saturated heterocycles. The van der Waals surface area contributed by atoms with Gasteiger partial charge in [0, 0.05) is 13.1 Å². The molecule has 0 spiro atoms. The summed E-state index contributed by atoms with van der Waals surface area (Å²) in [6.45, 7) is 1.83. The lowest BCUT2D eigenvalue weighted by Gasteiger charge is -2.22. The molecule has 1 aliphatic heterocycles. The number of amides is 1. The van der Waals surface area contributed by atoms with Gasteiger partial charge in [-0.2, -0.15) is 0 Å². The van der Waals surface area contributed by atoms with Crippen LogP contribution in [-0.4, -0.2) is 42.0 Å². The van der Waals surface area contributed by atoms with Crippen molar-refractivity contribution in [3.8, 4) is 0 Å². The Labute approximate surface area is 162 Å². The zero-order valence-corrected chi connectivity index (χ0v) is 15.5. The van der Waals surface area contributed by atoms with E-state index in [4.69, 9.17) is 4.74 Å². The Bertz CT molecular complexity index is 1040. The molecule has 0 bridgehead atoms. The van der Waals surface area contributed by atoms with Gasteiger partial charge in [0.25, 0.3) is 5.91 Å². The van der Waals surface area contributed by atoms with Crippen LogP contribution in [0.25, 0.3) is 11.0 Å². The normalized spacial score (nSPS) is 13.5. The summed E-state index contributed by atoms with van der Waals surface area (Å²) in [7, 11) is 1.33. The quantitative estimate of drug-likeness (QED) is 0.704. The third-order valence-corrected chi connectivity index (χ3v) is 4.79. The molecule has 0 saturated carbocycles. The first-order valence-electron chi connectivity index (χ1n) is 9.16. The number of carbonyl (C=O) groups is 2. The highest BCUT2D eigenvalue weighted by Gasteiger charge is 2.20. The third-order valence-electron chi connectivity index (χ3n) is 4.79. The van der Waals surface area contributed by atoms with Crippen LogP contribution in [-0.2, 0) is 4.74 Å². The van der Waals surface area contributed by atoms with E-state index in [1.807, 2.05) is 30.3 Å². The van der Waals surface area contributed by atoms with Gasteiger partial charge in [0.1, 0.15) is 5.69 Å². The van der Waals surface area contributed by atoms with Gasteiger partial charge in [-0.05, 0) is 43.2 Å². The number of fused-ring (bicyclic) bond motifs is 1. The van der Waals surface area contributed by atoms with Gasteiger partial charge < -0.3 is 15.0 Å². The second kappa shape index (κ2) is 7.64. The Morgan fingerprint density at radius 2 is 1.82 bits per heavy atom. The molecular formula is C21H20N4O3. The summed E-state index contributed by atoms with van der Waals surface area (Å²) in [4.78, 5) is 35.6. The van der Waals surface area contributed by atoms with Crippen molar-refractivity contribution in [1.82, 2.24) is 9.97 Å². The topological polar surface area (TPSA) is 84.4 Å². The van der Waals surface area contributed by atoms with Gasteiger partial charge in [0.05, 0.1) is 41.3 Å². The van der Waals surface area contributed by atoms with Crippen molar-refractivity contribution in [3.05, 3.63) is 59.9 Å². The minimum atomic E-state index is -0.450. The summed E-state index contributed by atoms with van der Waals surface area (Å²) in [5.41, 5.74) is 3.42. The monoisotopic (exact) mass is 376 g/mol. The van der Waals surface area contributed by atoms with E-state index in [0.717, 1.165) is 37.1 Å². The average Bonchev–Trinajstić information content (AvgIpc) is 3.27. The number of nitrogens with one attached hydrogen (secondary N) is 1. The molecule has 28 heavy (non-hydrogen) atoms. The molecule has 3 aromatic rings. The minimum Gasteiger partial charge on any atom is -0.465 e. The number of para-hydroxylation sites is 2. The van der Waals surface area contributed by atoms with Crippen molar-refractivity contribution in [2.24, 2.45) is 0 Å². The summed E-state index contributed by atoms with van der Waals surface area (Å²) in [6, 6.07) is 12.6. The number of anilines is 2. The van der Waals surface area contributed by atoms with Crippen LogP contribution in [0.15, 0.2) is 48.7 Å². The largest absolute Gasteiger partial charge is 0.465 e. The van der Waals surface area contributed by atoms with E-state index in [0.29, 0.717) is 16.8 Å². The van der Waals surface area contributed by atoms with Crippen LogP contribution in [0.5, 0.6) is 0 Å². The van der Waals surface area contributed by atoms with E-state index in [9.17, 15) is 9.59 Å². The Hall–Kier alpha value is -3.48. The van der Waals surface area contributed by atoms with Crippen LogP contribution in [0.3, 0.4) is 0 Å². The predicted octanol–water partition coefficient (Wildman–Crippen LogP) is 3.27. The highest BCUT2D eigenvalue weighted by Crippen LogP contribution is 2.30. The summed E-state index contributed by atoms with van der Waals surface area (Å²) in [5.74, 6) is -0.824. The SMILES string of the molecule is COC(=O)c1ccc(N2CCCC2)c(NC(=O)c2cnc3ccccc3n2)c1. The fourth-order valence-corrected chi connectivity index (χ4v) is 3.37. The number of methoxy groups -OCH3 is 1.